The van der Waals surface area contributed by atoms with E-state index in [0.29, 0.717) is 24.9 Å². The van der Waals surface area contributed by atoms with Gasteiger partial charge in [-0.05, 0) is 24.7 Å². The minimum atomic E-state index is 0.146. The summed E-state index contributed by atoms with van der Waals surface area (Å²) in [6.45, 7) is 4.95. The number of nitrogens with zero attached hydrogens (tertiary/aromatic N) is 1. The molecule has 1 saturated carbocycles. The summed E-state index contributed by atoms with van der Waals surface area (Å²) >= 11 is 0. The molecule has 3 heteroatoms. The summed E-state index contributed by atoms with van der Waals surface area (Å²) < 4.78 is 5.65. The lowest BCUT2D eigenvalue weighted by Crippen LogP contribution is -2.46. The van der Waals surface area contributed by atoms with E-state index in [1.165, 1.54) is 6.42 Å². The van der Waals surface area contributed by atoms with E-state index < -0.39 is 0 Å². The third-order valence-electron chi connectivity index (χ3n) is 2.96. The van der Waals surface area contributed by atoms with Gasteiger partial charge in [-0.1, -0.05) is 13.8 Å². The molecule has 14 heavy (non-hydrogen) atoms. The first-order chi connectivity index (χ1) is 6.65. The molecule has 0 aromatic rings. The maximum absolute atomic E-state index is 8.41. The van der Waals surface area contributed by atoms with E-state index in [1.807, 2.05) is 0 Å². The lowest BCUT2D eigenvalue weighted by molar-refractivity contribution is -0.0259. The largest absolute Gasteiger partial charge is 0.375 e. The predicted octanol–water partition coefficient (Wildman–Crippen LogP) is 1.68. The second-order valence-corrected chi connectivity index (χ2v) is 4.46. The van der Waals surface area contributed by atoms with Gasteiger partial charge < -0.3 is 10.5 Å². The van der Waals surface area contributed by atoms with Gasteiger partial charge in [0.15, 0.2) is 0 Å². The summed E-state index contributed by atoms with van der Waals surface area (Å²) in [7, 11) is 0. The molecule has 0 aliphatic heterocycles. The third kappa shape index (κ3) is 2.97. The van der Waals surface area contributed by atoms with Crippen molar-refractivity contribution in [2.45, 2.75) is 45.3 Å². The van der Waals surface area contributed by atoms with E-state index in [1.54, 1.807) is 0 Å². The van der Waals surface area contributed by atoms with Gasteiger partial charge in [-0.3, -0.25) is 0 Å². The second kappa shape index (κ2) is 5.33. The van der Waals surface area contributed by atoms with Gasteiger partial charge in [0, 0.05) is 6.04 Å². The zero-order valence-corrected chi connectivity index (χ0v) is 9.07. The van der Waals surface area contributed by atoms with Crippen molar-refractivity contribution < 1.29 is 4.74 Å². The van der Waals surface area contributed by atoms with Crippen LogP contribution in [-0.2, 0) is 4.74 Å². The fraction of sp³-hybridized carbons (Fsp3) is 0.909. The highest BCUT2D eigenvalue weighted by atomic mass is 16.5. The third-order valence-corrected chi connectivity index (χ3v) is 2.96. The highest BCUT2D eigenvalue weighted by Crippen LogP contribution is 2.29. The van der Waals surface area contributed by atoms with Gasteiger partial charge in [0.2, 0.25) is 0 Å². The van der Waals surface area contributed by atoms with Crippen LogP contribution in [0, 0.1) is 23.2 Å². The van der Waals surface area contributed by atoms with Crippen molar-refractivity contribution in [1.29, 1.82) is 5.26 Å². The molecule has 1 unspecified atom stereocenters. The Balaban J connectivity index is 2.38. The Hall–Kier alpha value is -0.590. The van der Waals surface area contributed by atoms with Gasteiger partial charge in [-0.25, -0.2) is 0 Å². The minimum absolute atomic E-state index is 0.146. The molecule has 0 bridgehead atoms. The molecule has 0 radical (unpaired) electrons. The Bertz CT molecular complexity index is 200. The van der Waals surface area contributed by atoms with Crippen molar-refractivity contribution in [3.05, 3.63) is 0 Å². The van der Waals surface area contributed by atoms with Gasteiger partial charge in [0.1, 0.15) is 0 Å². The van der Waals surface area contributed by atoms with Crippen LogP contribution in [0.4, 0.5) is 0 Å². The van der Waals surface area contributed by atoms with Crippen LogP contribution in [0.1, 0.15) is 33.1 Å². The second-order valence-electron chi connectivity index (χ2n) is 4.46. The topological polar surface area (TPSA) is 59.0 Å². The molecule has 0 amide bonds. The lowest BCUT2D eigenvalue weighted by atomic mass is 9.78. The Labute approximate surface area is 86.2 Å². The summed E-state index contributed by atoms with van der Waals surface area (Å²) in [5.41, 5.74) is 6.03. The number of hydrogen-bond acceptors (Lipinski definition) is 3. The Morgan fingerprint density at radius 1 is 1.43 bits per heavy atom. The molecule has 3 nitrogen and oxygen atoms in total. The number of ether oxygens (including phenoxy) is 1. The monoisotopic (exact) mass is 196 g/mol. The molecule has 0 spiro atoms. The highest BCUT2D eigenvalue weighted by molar-refractivity contribution is 4.86. The van der Waals surface area contributed by atoms with Gasteiger partial charge in [-0.2, -0.15) is 5.26 Å². The maximum atomic E-state index is 8.41. The van der Waals surface area contributed by atoms with E-state index in [-0.39, 0.29) is 12.1 Å². The molecule has 80 valence electrons. The van der Waals surface area contributed by atoms with E-state index >= 15 is 0 Å². The molecule has 1 aliphatic carbocycles. The van der Waals surface area contributed by atoms with Crippen LogP contribution < -0.4 is 5.73 Å². The molecule has 1 rings (SSSR count). The van der Waals surface area contributed by atoms with Crippen molar-refractivity contribution >= 4 is 0 Å². The van der Waals surface area contributed by atoms with Crippen molar-refractivity contribution in [3.63, 3.8) is 0 Å². The number of hydrogen-bond donors (Lipinski definition) is 1. The summed E-state index contributed by atoms with van der Waals surface area (Å²) in [4.78, 5) is 0. The first-order valence-electron chi connectivity index (χ1n) is 5.39. The summed E-state index contributed by atoms with van der Waals surface area (Å²) in [5, 5.41) is 8.41. The molecule has 0 heterocycles. The summed E-state index contributed by atoms with van der Waals surface area (Å²) in [6.07, 6.45) is 2.84. The smallest absolute Gasteiger partial charge is 0.0752 e. The molecule has 4 atom stereocenters. The van der Waals surface area contributed by atoms with Crippen LogP contribution in [-0.4, -0.2) is 18.8 Å². The van der Waals surface area contributed by atoms with Gasteiger partial charge in [0.05, 0.1) is 25.2 Å². The number of nitrogens with two attached hydrogens (primary N) is 1. The fourth-order valence-corrected chi connectivity index (χ4v) is 2.41. The SMILES string of the molecule is CC1C[C@@H](N)[C@@H](OCCC#N)[C@@H](C)C1. The average Bonchev–Trinajstić information content (AvgIpc) is 2.09. The molecule has 1 fully saturated rings. The number of nitriles is 1. The average molecular weight is 196 g/mol. The van der Waals surface area contributed by atoms with Gasteiger partial charge >= 0.3 is 0 Å². The van der Waals surface area contributed by atoms with Crippen LogP contribution in [0.2, 0.25) is 0 Å². The van der Waals surface area contributed by atoms with E-state index in [9.17, 15) is 0 Å². The van der Waals surface area contributed by atoms with E-state index in [2.05, 4.69) is 19.9 Å². The molecule has 2 N–H and O–H groups in total. The number of rotatable bonds is 3. The quantitative estimate of drug-likeness (QED) is 0.699. The zero-order chi connectivity index (χ0) is 10.6. The van der Waals surface area contributed by atoms with Gasteiger partial charge in [-0.15, -0.1) is 0 Å². The van der Waals surface area contributed by atoms with Crippen LogP contribution in [0.25, 0.3) is 0 Å². The van der Waals surface area contributed by atoms with Crippen LogP contribution in [0.3, 0.4) is 0 Å². The van der Waals surface area contributed by atoms with Crippen LogP contribution in [0.15, 0.2) is 0 Å². The van der Waals surface area contributed by atoms with Crippen molar-refractivity contribution in [3.8, 4) is 6.07 Å². The molecule has 0 aromatic carbocycles. The van der Waals surface area contributed by atoms with Crippen molar-refractivity contribution in [1.82, 2.24) is 0 Å². The minimum Gasteiger partial charge on any atom is -0.375 e. The lowest BCUT2D eigenvalue weighted by Gasteiger charge is -2.37. The van der Waals surface area contributed by atoms with E-state index in [0.717, 1.165) is 6.42 Å². The normalized spacial score (nSPS) is 37.9. The standard InChI is InChI=1S/C11H20N2O/c1-8-6-9(2)11(10(13)7-8)14-5-3-4-12/h8-11H,3,5-7,13H2,1-2H3/t8?,9-,10+,11-/m0/s1. The van der Waals surface area contributed by atoms with Crippen LogP contribution >= 0.6 is 0 Å². The molecular formula is C11H20N2O. The van der Waals surface area contributed by atoms with Gasteiger partial charge in [0.25, 0.3) is 0 Å². The highest BCUT2D eigenvalue weighted by Gasteiger charge is 2.32. The summed E-state index contributed by atoms with van der Waals surface area (Å²) in [6, 6.07) is 2.23. The maximum Gasteiger partial charge on any atom is 0.0752 e. The Morgan fingerprint density at radius 3 is 2.71 bits per heavy atom. The van der Waals surface area contributed by atoms with Crippen LogP contribution in [0.5, 0.6) is 0 Å². The summed E-state index contributed by atoms with van der Waals surface area (Å²) in [5.74, 6) is 1.23. The fourth-order valence-electron chi connectivity index (χ4n) is 2.41. The Morgan fingerprint density at radius 2 is 2.14 bits per heavy atom. The molecule has 0 saturated heterocycles. The van der Waals surface area contributed by atoms with E-state index in [4.69, 9.17) is 15.7 Å². The first-order valence-corrected chi connectivity index (χ1v) is 5.39. The Kier molecular flexibility index (Phi) is 4.37. The molecular weight excluding hydrogens is 176 g/mol. The predicted molar refractivity (Wildman–Crippen MR) is 55.5 cm³/mol. The first kappa shape index (κ1) is 11.5. The van der Waals surface area contributed by atoms with Crippen molar-refractivity contribution in [2.75, 3.05) is 6.61 Å². The van der Waals surface area contributed by atoms with Crippen molar-refractivity contribution in [2.24, 2.45) is 17.6 Å². The molecule has 0 aromatic heterocycles. The zero-order valence-electron chi connectivity index (χ0n) is 9.07. The molecule has 1 aliphatic rings.